The molecule has 0 atom stereocenters. The summed E-state index contributed by atoms with van der Waals surface area (Å²) >= 11 is 0. The van der Waals surface area contributed by atoms with E-state index in [-0.39, 0.29) is 11.7 Å². The molecule has 0 bridgehead atoms. The molecule has 0 aliphatic heterocycles. The molecule has 0 fully saturated rings. The first kappa shape index (κ1) is 18.6. The van der Waals surface area contributed by atoms with Crippen molar-refractivity contribution < 1.29 is 24.1 Å². The number of rotatable bonds is 8. The van der Waals surface area contributed by atoms with Gasteiger partial charge in [0.15, 0.2) is 11.5 Å². The summed E-state index contributed by atoms with van der Waals surface area (Å²) in [4.78, 5) is 11.3. The number of hydrogen-bond acceptors (Lipinski definition) is 5. The van der Waals surface area contributed by atoms with Crippen LogP contribution in [0.2, 0.25) is 0 Å². The molecule has 25 heavy (non-hydrogen) atoms. The Labute approximate surface area is 148 Å². The van der Waals surface area contributed by atoms with Gasteiger partial charge in [0.2, 0.25) is 0 Å². The lowest BCUT2D eigenvalue weighted by Gasteiger charge is -2.12. The topological polar surface area (TPSA) is 65.0 Å². The van der Waals surface area contributed by atoms with Crippen LogP contribution in [0, 0.1) is 0 Å². The molecule has 0 aliphatic rings. The Hall–Kier alpha value is -2.69. The number of ether oxygens (including phenoxy) is 3. The molecule has 0 aliphatic carbocycles. The molecule has 2 rings (SSSR count). The van der Waals surface area contributed by atoms with Crippen molar-refractivity contribution in [3.63, 3.8) is 0 Å². The lowest BCUT2D eigenvalue weighted by molar-refractivity contribution is -0.140. The molecular formula is C20H24O5. The second kappa shape index (κ2) is 8.97. The van der Waals surface area contributed by atoms with E-state index in [1.807, 2.05) is 30.3 Å². The molecule has 0 amide bonds. The molecule has 1 N–H and O–H groups in total. The fourth-order valence-electron chi connectivity index (χ4n) is 2.67. The standard InChI is InChI=1S/C20H24O5/c1-23-17-6-4-5-14(12-17)7-9-16-11-15(8-10-19(21)25-3)13-18(24-2)20(16)22/h4-6,11-13,22H,7-10H2,1-3H3. The summed E-state index contributed by atoms with van der Waals surface area (Å²) in [6.45, 7) is 0. The van der Waals surface area contributed by atoms with Gasteiger partial charge in [-0.05, 0) is 54.2 Å². The zero-order valence-electron chi connectivity index (χ0n) is 14.9. The number of aromatic hydroxyl groups is 1. The number of methoxy groups -OCH3 is 3. The van der Waals surface area contributed by atoms with Crippen molar-refractivity contribution in [1.82, 2.24) is 0 Å². The Balaban J connectivity index is 2.15. The number of phenols is 1. The van der Waals surface area contributed by atoms with Crippen molar-refractivity contribution in [1.29, 1.82) is 0 Å². The average Bonchev–Trinajstić information content (AvgIpc) is 2.65. The molecule has 134 valence electrons. The van der Waals surface area contributed by atoms with Crippen molar-refractivity contribution in [3.8, 4) is 17.2 Å². The SMILES string of the molecule is COC(=O)CCc1cc(CCc2cccc(OC)c2)c(O)c(OC)c1. The number of carbonyl (C=O) groups is 1. The van der Waals surface area contributed by atoms with Crippen LogP contribution < -0.4 is 9.47 Å². The van der Waals surface area contributed by atoms with Crippen LogP contribution in [-0.2, 0) is 28.8 Å². The van der Waals surface area contributed by atoms with Crippen LogP contribution >= 0.6 is 0 Å². The minimum absolute atomic E-state index is 0.146. The van der Waals surface area contributed by atoms with Gasteiger partial charge in [0.1, 0.15) is 5.75 Å². The Bertz CT molecular complexity index is 724. The van der Waals surface area contributed by atoms with E-state index in [1.165, 1.54) is 14.2 Å². The molecule has 0 aromatic heterocycles. The number of esters is 1. The predicted octanol–water partition coefficient (Wildman–Crippen LogP) is 3.30. The number of carbonyl (C=O) groups excluding carboxylic acids is 1. The average molecular weight is 344 g/mol. The maximum Gasteiger partial charge on any atom is 0.305 e. The molecule has 2 aromatic rings. The molecule has 0 heterocycles. The molecule has 0 saturated carbocycles. The van der Waals surface area contributed by atoms with Crippen molar-refractivity contribution in [2.45, 2.75) is 25.7 Å². The normalized spacial score (nSPS) is 10.4. The van der Waals surface area contributed by atoms with Crippen molar-refractivity contribution in [2.24, 2.45) is 0 Å². The van der Waals surface area contributed by atoms with E-state index in [0.717, 1.165) is 28.9 Å². The molecule has 0 unspecified atom stereocenters. The number of benzene rings is 2. The number of aryl methyl sites for hydroxylation is 3. The van der Waals surface area contributed by atoms with Gasteiger partial charge in [-0.1, -0.05) is 18.2 Å². The maximum absolute atomic E-state index is 11.3. The van der Waals surface area contributed by atoms with Crippen LogP contribution in [0.25, 0.3) is 0 Å². The van der Waals surface area contributed by atoms with Crippen LogP contribution in [0.5, 0.6) is 17.2 Å². The molecule has 0 radical (unpaired) electrons. The van der Waals surface area contributed by atoms with E-state index in [4.69, 9.17) is 9.47 Å². The summed E-state index contributed by atoms with van der Waals surface area (Å²) in [7, 11) is 4.53. The first-order valence-electron chi connectivity index (χ1n) is 8.16. The molecule has 2 aromatic carbocycles. The van der Waals surface area contributed by atoms with Crippen LogP contribution in [0.1, 0.15) is 23.1 Å². The molecule has 5 heteroatoms. The fraction of sp³-hybridized carbons (Fsp3) is 0.350. The largest absolute Gasteiger partial charge is 0.504 e. The van der Waals surface area contributed by atoms with Gasteiger partial charge in [0.05, 0.1) is 21.3 Å². The molecular weight excluding hydrogens is 320 g/mol. The zero-order chi connectivity index (χ0) is 18.2. The Morgan fingerprint density at radius 2 is 1.76 bits per heavy atom. The monoisotopic (exact) mass is 344 g/mol. The van der Waals surface area contributed by atoms with Gasteiger partial charge in [0, 0.05) is 6.42 Å². The van der Waals surface area contributed by atoms with Crippen molar-refractivity contribution in [3.05, 3.63) is 53.1 Å². The molecule has 5 nitrogen and oxygen atoms in total. The van der Waals surface area contributed by atoms with Crippen LogP contribution in [0.3, 0.4) is 0 Å². The quantitative estimate of drug-likeness (QED) is 0.745. The summed E-state index contributed by atoms with van der Waals surface area (Å²) in [5.41, 5.74) is 2.85. The van der Waals surface area contributed by atoms with Gasteiger partial charge in [-0.25, -0.2) is 0 Å². The van der Waals surface area contributed by atoms with Gasteiger partial charge < -0.3 is 19.3 Å². The first-order chi connectivity index (χ1) is 12.1. The van der Waals surface area contributed by atoms with E-state index in [0.29, 0.717) is 25.0 Å². The zero-order valence-corrected chi connectivity index (χ0v) is 14.9. The summed E-state index contributed by atoms with van der Waals surface area (Å²) in [6.07, 6.45) is 2.24. The van der Waals surface area contributed by atoms with Crippen molar-refractivity contribution >= 4 is 5.97 Å². The van der Waals surface area contributed by atoms with E-state index in [2.05, 4.69) is 4.74 Å². The van der Waals surface area contributed by atoms with Crippen LogP contribution in [0.4, 0.5) is 0 Å². The smallest absolute Gasteiger partial charge is 0.305 e. The second-order valence-corrected chi connectivity index (χ2v) is 5.73. The van der Waals surface area contributed by atoms with Crippen LogP contribution in [0.15, 0.2) is 36.4 Å². The van der Waals surface area contributed by atoms with Gasteiger partial charge in [-0.3, -0.25) is 4.79 Å². The third-order valence-corrected chi connectivity index (χ3v) is 4.10. The lowest BCUT2D eigenvalue weighted by atomic mass is 9.99. The highest BCUT2D eigenvalue weighted by atomic mass is 16.5. The Morgan fingerprint density at radius 3 is 2.44 bits per heavy atom. The first-order valence-corrected chi connectivity index (χ1v) is 8.16. The van der Waals surface area contributed by atoms with Gasteiger partial charge in [0.25, 0.3) is 0 Å². The molecule has 0 saturated heterocycles. The third kappa shape index (κ3) is 5.14. The Morgan fingerprint density at radius 1 is 0.960 bits per heavy atom. The van der Waals surface area contributed by atoms with E-state index >= 15 is 0 Å². The third-order valence-electron chi connectivity index (χ3n) is 4.10. The lowest BCUT2D eigenvalue weighted by Crippen LogP contribution is -2.03. The fourth-order valence-corrected chi connectivity index (χ4v) is 2.67. The number of hydrogen-bond donors (Lipinski definition) is 1. The minimum Gasteiger partial charge on any atom is -0.504 e. The summed E-state index contributed by atoms with van der Waals surface area (Å²) in [6, 6.07) is 11.5. The van der Waals surface area contributed by atoms with Crippen LogP contribution in [-0.4, -0.2) is 32.4 Å². The molecule has 0 spiro atoms. The summed E-state index contributed by atoms with van der Waals surface area (Å²) in [5, 5.41) is 10.4. The van der Waals surface area contributed by atoms with E-state index in [1.54, 1.807) is 13.2 Å². The highest BCUT2D eigenvalue weighted by Crippen LogP contribution is 2.33. The second-order valence-electron chi connectivity index (χ2n) is 5.73. The highest BCUT2D eigenvalue weighted by molar-refractivity contribution is 5.69. The predicted molar refractivity (Wildman–Crippen MR) is 95.4 cm³/mol. The number of phenolic OH excluding ortho intramolecular Hbond substituents is 1. The van der Waals surface area contributed by atoms with Gasteiger partial charge in [-0.15, -0.1) is 0 Å². The van der Waals surface area contributed by atoms with E-state index in [9.17, 15) is 9.90 Å². The van der Waals surface area contributed by atoms with Gasteiger partial charge >= 0.3 is 5.97 Å². The highest BCUT2D eigenvalue weighted by Gasteiger charge is 2.12. The summed E-state index contributed by atoms with van der Waals surface area (Å²) in [5.74, 6) is 1.12. The Kier molecular flexibility index (Phi) is 6.69. The summed E-state index contributed by atoms with van der Waals surface area (Å²) < 4.78 is 15.2. The van der Waals surface area contributed by atoms with Crippen molar-refractivity contribution in [2.75, 3.05) is 21.3 Å². The minimum atomic E-state index is -0.259. The van der Waals surface area contributed by atoms with E-state index < -0.39 is 0 Å². The van der Waals surface area contributed by atoms with Gasteiger partial charge in [-0.2, -0.15) is 0 Å². The maximum atomic E-state index is 11.3.